The third kappa shape index (κ3) is 2.85. The van der Waals surface area contributed by atoms with E-state index in [9.17, 15) is 9.65 Å². The lowest BCUT2D eigenvalue weighted by Gasteiger charge is -2.24. The van der Waals surface area contributed by atoms with Crippen molar-refractivity contribution >= 4 is 15.9 Å². The summed E-state index contributed by atoms with van der Waals surface area (Å²) in [5, 5.41) is 12.4. The van der Waals surface area contributed by atoms with Crippen LogP contribution in [-0.2, 0) is 5.54 Å². The zero-order valence-corrected chi connectivity index (χ0v) is 11.2. The standard InChI is InChI=1S/C13H14BrFN2/c1-13(8-16,17-7-9-2-3-9)11-5-4-10(14)6-12(11)15/h4-6,9,17H,2-3,7H2,1H3. The van der Waals surface area contributed by atoms with Gasteiger partial charge in [0, 0.05) is 10.0 Å². The normalized spacial score (nSPS) is 18.5. The molecule has 0 amide bonds. The van der Waals surface area contributed by atoms with Crippen molar-refractivity contribution in [2.75, 3.05) is 6.54 Å². The molecule has 1 aromatic rings. The van der Waals surface area contributed by atoms with E-state index in [-0.39, 0.29) is 5.82 Å². The van der Waals surface area contributed by atoms with E-state index in [1.54, 1.807) is 19.1 Å². The molecule has 0 aromatic heterocycles. The Hall–Kier alpha value is -0.920. The van der Waals surface area contributed by atoms with Gasteiger partial charge in [-0.1, -0.05) is 22.0 Å². The van der Waals surface area contributed by atoms with Gasteiger partial charge in [-0.05, 0) is 44.4 Å². The van der Waals surface area contributed by atoms with Crippen LogP contribution in [0.15, 0.2) is 22.7 Å². The topological polar surface area (TPSA) is 35.8 Å². The van der Waals surface area contributed by atoms with Crippen LogP contribution in [0.4, 0.5) is 4.39 Å². The summed E-state index contributed by atoms with van der Waals surface area (Å²) in [6, 6.07) is 6.98. The van der Waals surface area contributed by atoms with Crippen molar-refractivity contribution < 1.29 is 4.39 Å². The van der Waals surface area contributed by atoms with Crippen LogP contribution in [0.3, 0.4) is 0 Å². The fourth-order valence-electron chi connectivity index (χ4n) is 1.76. The van der Waals surface area contributed by atoms with Crippen LogP contribution < -0.4 is 5.32 Å². The highest BCUT2D eigenvalue weighted by atomic mass is 79.9. The first-order valence-corrected chi connectivity index (χ1v) is 6.46. The number of rotatable bonds is 4. The Labute approximate surface area is 109 Å². The lowest BCUT2D eigenvalue weighted by atomic mass is 9.93. The molecule has 0 spiro atoms. The van der Waals surface area contributed by atoms with E-state index in [1.807, 2.05) is 0 Å². The number of nitrogens with one attached hydrogen (secondary N) is 1. The highest BCUT2D eigenvalue weighted by Crippen LogP contribution is 2.31. The predicted octanol–water partition coefficient (Wildman–Crippen LogP) is 3.33. The molecule has 1 fully saturated rings. The Balaban J connectivity index is 2.22. The molecular formula is C13H14BrFN2. The van der Waals surface area contributed by atoms with Gasteiger partial charge in [0.2, 0.25) is 0 Å². The van der Waals surface area contributed by atoms with Crippen LogP contribution in [0, 0.1) is 23.1 Å². The molecule has 0 saturated heterocycles. The minimum atomic E-state index is -0.951. The molecule has 0 aliphatic heterocycles. The number of nitriles is 1. The van der Waals surface area contributed by atoms with Crippen LogP contribution in [0.25, 0.3) is 0 Å². The van der Waals surface area contributed by atoms with Crippen molar-refractivity contribution in [3.8, 4) is 6.07 Å². The van der Waals surface area contributed by atoms with Crippen molar-refractivity contribution in [3.63, 3.8) is 0 Å². The first kappa shape index (κ1) is 12.5. The van der Waals surface area contributed by atoms with Crippen LogP contribution >= 0.6 is 15.9 Å². The van der Waals surface area contributed by atoms with Gasteiger partial charge in [0.25, 0.3) is 0 Å². The van der Waals surface area contributed by atoms with E-state index in [2.05, 4.69) is 27.3 Å². The van der Waals surface area contributed by atoms with E-state index in [0.29, 0.717) is 16.0 Å². The molecule has 2 nitrogen and oxygen atoms in total. The van der Waals surface area contributed by atoms with Gasteiger partial charge in [0.05, 0.1) is 6.07 Å². The third-order valence-corrected chi connectivity index (χ3v) is 3.63. The molecule has 4 heteroatoms. The Morgan fingerprint density at radius 2 is 2.29 bits per heavy atom. The fraction of sp³-hybridized carbons (Fsp3) is 0.462. The maximum Gasteiger partial charge on any atom is 0.132 e. The van der Waals surface area contributed by atoms with Gasteiger partial charge >= 0.3 is 0 Å². The van der Waals surface area contributed by atoms with Crippen molar-refractivity contribution in [2.24, 2.45) is 5.92 Å². The van der Waals surface area contributed by atoms with E-state index >= 15 is 0 Å². The highest BCUT2D eigenvalue weighted by Gasteiger charge is 2.32. The number of halogens is 2. The molecule has 1 N–H and O–H groups in total. The Bertz CT molecular complexity index is 465. The largest absolute Gasteiger partial charge is 0.296 e. The molecule has 0 heterocycles. The zero-order valence-electron chi connectivity index (χ0n) is 9.63. The molecule has 1 aliphatic rings. The van der Waals surface area contributed by atoms with E-state index < -0.39 is 5.54 Å². The second kappa shape index (κ2) is 4.75. The number of nitrogens with zero attached hydrogens (tertiary/aromatic N) is 1. The summed E-state index contributed by atoms with van der Waals surface area (Å²) in [5.41, 5.74) is -0.545. The Morgan fingerprint density at radius 1 is 1.59 bits per heavy atom. The SMILES string of the molecule is CC(C#N)(NCC1CC1)c1ccc(Br)cc1F. The molecule has 1 unspecified atom stereocenters. The number of hydrogen-bond donors (Lipinski definition) is 1. The van der Waals surface area contributed by atoms with Crippen LogP contribution in [0.2, 0.25) is 0 Å². The van der Waals surface area contributed by atoms with E-state index in [4.69, 9.17) is 0 Å². The van der Waals surface area contributed by atoms with Crippen LogP contribution in [0.5, 0.6) is 0 Å². The van der Waals surface area contributed by atoms with Gasteiger partial charge in [-0.15, -0.1) is 0 Å². The minimum Gasteiger partial charge on any atom is -0.296 e. The molecule has 1 aromatic carbocycles. The molecule has 17 heavy (non-hydrogen) atoms. The maximum atomic E-state index is 13.9. The Morgan fingerprint density at radius 3 is 2.82 bits per heavy atom. The summed E-state index contributed by atoms with van der Waals surface area (Å²) in [5.74, 6) is 0.299. The zero-order chi connectivity index (χ0) is 12.5. The number of benzene rings is 1. The second-order valence-electron chi connectivity index (χ2n) is 4.69. The molecule has 0 radical (unpaired) electrons. The Kier molecular flexibility index (Phi) is 3.50. The van der Waals surface area contributed by atoms with Crippen molar-refractivity contribution in [1.29, 1.82) is 5.26 Å². The number of hydrogen-bond acceptors (Lipinski definition) is 2. The van der Waals surface area contributed by atoms with Gasteiger partial charge < -0.3 is 0 Å². The van der Waals surface area contributed by atoms with E-state index in [1.165, 1.54) is 18.9 Å². The highest BCUT2D eigenvalue weighted by molar-refractivity contribution is 9.10. The predicted molar refractivity (Wildman–Crippen MR) is 67.8 cm³/mol. The van der Waals surface area contributed by atoms with Crippen molar-refractivity contribution in [1.82, 2.24) is 5.32 Å². The average molecular weight is 297 g/mol. The summed E-state index contributed by atoms with van der Waals surface area (Å²) in [6.45, 7) is 2.50. The van der Waals surface area contributed by atoms with E-state index in [0.717, 1.165) is 6.54 Å². The molecule has 0 bridgehead atoms. The lowest BCUT2D eigenvalue weighted by molar-refractivity contribution is 0.431. The fourth-order valence-corrected chi connectivity index (χ4v) is 2.09. The summed E-state index contributed by atoms with van der Waals surface area (Å²) in [4.78, 5) is 0. The molecule has 1 atom stereocenters. The van der Waals surface area contributed by atoms with Gasteiger partial charge in [-0.3, -0.25) is 5.32 Å². The van der Waals surface area contributed by atoms with Crippen LogP contribution in [-0.4, -0.2) is 6.54 Å². The van der Waals surface area contributed by atoms with Crippen molar-refractivity contribution in [2.45, 2.75) is 25.3 Å². The first-order chi connectivity index (χ1) is 8.05. The van der Waals surface area contributed by atoms with Crippen molar-refractivity contribution in [3.05, 3.63) is 34.1 Å². The quantitative estimate of drug-likeness (QED) is 0.925. The van der Waals surface area contributed by atoms with Gasteiger partial charge in [0.15, 0.2) is 0 Å². The van der Waals surface area contributed by atoms with Gasteiger partial charge in [-0.25, -0.2) is 4.39 Å². The first-order valence-electron chi connectivity index (χ1n) is 5.67. The van der Waals surface area contributed by atoms with Crippen LogP contribution in [0.1, 0.15) is 25.3 Å². The smallest absolute Gasteiger partial charge is 0.132 e. The molecule has 2 rings (SSSR count). The summed E-state index contributed by atoms with van der Waals surface area (Å²) < 4.78 is 14.5. The second-order valence-corrected chi connectivity index (χ2v) is 5.60. The third-order valence-electron chi connectivity index (χ3n) is 3.13. The molecular weight excluding hydrogens is 283 g/mol. The maximum absolute atomic E-state index is 13.9. The monoisotopic (exact) mass is 296 g/mol. The van der Waals surface area contributed by atoms with Gasteiger partial charge in [0.1, 0.15) is 11.4 Å². The molecule has 1 saturated carbocycles. The molecule has 1 aliphatic carbocycles. The van der Waals surface area contributed by atoms with Gasteiger partial charge in [-0.2, -0.15) is 5.26 Å². The summed E-state index contributed by atoms with van der Waals surface area (Å²) in [6.07, 6.45) is 2.41. The average Bonchev–Trinajstić information content (AvgIpc) is 3.09. The summed E-state index contributed by atoms with van der Waals surface area (Å²) >= 11 is 3.21. The summed E-state index contributed by atoms with van der Waals surface area (Å²) in [7, 11) is 0. The molecule has 90 valence electrons. The minimum absolute atomic E-state index is 0.355. The lowest BCUT2D eigenvalue weighted by Crippen LogP contribution is -2.40.